The van der Waals surface area contributed by atoms with E-state index in [0.29, 0.717) is 12.3 Å². The molecule has 1 amide bonds. The van der Waals surface area contributed by atoms with E-state index in [1.165, 1.54) is 0 Å². The molecule has 1 aromatic rings. The third-order valence-electron chi connectivity index (χ3n) is 4.51. The molecule has 0 aromatic heterocycles. The number of benzene rings is 1. The van der Waals surface area contributed by atoms with Gasteiger partial charge in [-0.1, -0.05) is 44.2 Å². The summed E-state index contributed by atoms with van der Waals surface area (Å²) in [5.74, 6) is 0.331. The highest BCUT2D eigenvalue weighted by Crippen LogP contribution is 2.36. The van der Waals surface area contributed by atoms with Crippen LogP contribution in [0.2, 0.25) is 0 Å². The van der Waals surface area contributed by atoms with E-state index in [4.69, 9.17) is 9.47 Å². The van der Waals surface area contributed by atoms with Crippen molar-refractivity contribution in [3.8, 4) is 0 Å². The summed E-state index contributed by atoms with van der Waals surface area (Å²) >= 11 is 0. The molecule has 0 radical (unpaired) electrons. The Morgan fingerprint density at radius 1 is 1.32 bits per heavy atom. The number of carbonyl (C=O) groups is 1. The summed E-state index contributed by atoms with van der Waals surface area (Å²) in [7, 11) is 0. The van der Waals surface area contributed by atoms with Crippen LogP contribution >= 0.6 is 0 Å². The summed E-state index contributed by atoms with van der Waals surface area (Å²) in [6.45, 7) is 13.6. The molecule has 1 saturated heterocycles. The van der Waals surface area contributed by atoms with Gasteiger partial charge in [0.05, 0.1) is 6.04 Å². The maximum atomic E-state index is 12.9. The maximum absolute atomic E-state index is 12.9. The van der Waals surface area contributed by atoms with E-state index >= 15 is 0 Å². The largest absolute Gasteiger partial charge is 0.624 e. The summed E-state index contributed by atoms with van der Waals surface area (Å²) in [4.78, 5) is 14.6. The summed E-state index contributed by atoms with van der Waals surface area (Å²) in [5.41, 5.74) is -0.540. The molecular weight excluding hydrogens is 356 g/mol. The normalized spacial score (nSPS) is 22.6. The molecule has 0 unspecified atom stereocenters. The van der Waals surface area contributed by atoms with Gasteiger partial charge in [0.25, 0.3) is 0 Å². The second-order valence-corrected chi connectivity index (χ2v) is 9.29. The van der Waals surface area contributed by atoms with Crippen LogP contribution in [0, 0.1) is 11.1 Å². The molecule has 1 fully saturated rings. The van der Waals surface area contributed by atoms with Gasteiger partial charge in [0.15, 0.2) is 18.9 Å². The van der Waals surface area contributed by atoms with Crippen LogP contribution in [-0.4, -0.2) is 45.4 Å². The SMILES string of the molecule is CC(C)C[C@H]1[C@@H](/C=[N+](\[O-])Cc2ccccc2)OC(C)(C)N1C(=O)OC(C)(C)C. The summed E-state index contributed by atoms with van der Waals surface area (Å²) < 4.78 is 12.7. The summed E-state index contributed by atoms with van der Waals surface area (Å²) in [5, 5.41) is 12.6. The smallest absolute Gasteiger partial charge is 0.412 e. The second kappa shape index (κ2) is 8.52. The molecule has 2 atom stereocenters. The zero-order valence-corrected chi connectivity index (χ0v) is 18.1. The van der Waals surface area contributed by atoms with Gasteiger partial charge in [0.1, 0.15) is 11.3 Å². The van der Waals surface area contributed by atoms with Gasteiger partial charge in [0, 0.05) is 5.56 Å². The van der Waals surface area contributed by atoms with E-state index in [9.17, 15) is 10.0 Å². The van der Waals surface area contributed by atoms with Gasteiger partial charge in [-0.25, -0.2) is 9.53 Å². The van der Waals surface area contributed by atoms with Crippen LogP contribution < -0.4 is 0 Å². The second-order valence-electron chi connectivity index (χ2n) is 9.29. The molecule has 6 nitrogen and oxygen atoms in total. The van der Waals surface area contributed by atoms with Gasteiger partial charge in [-0.15, -0.1) is 0 Å². The quantitative estimate of drug-likeness (QED) is 0.320. The first-order chi connectivity index (χ1) is 12.9. The standard InChI is InChI=1S/C22H34N2O4/c1-16(2)13-18-19(15-23(26)14-17-11-9-8-10-12-17)27-22(6,7)24(18)20(25)28-21(3,4)5/h8-12,15-16,18-19H,13-14H2,1-7H3/b23-15-/t18-,19+/m0/s1. The van der Waals surface area contributed by atoms with Crippen LogP contribution in [0.1, 0.15) is 60.5 Å². The topological polar surface area (TPSA) is 64.8 Å². The number of amides is 1. The molecule has 6 heteroatoms. The van der Waals surface area contributed by atoms with E-state index in [-0.39, 0.29) is 12.6 Å². The molecule has 0 spiro atoms. The highest BCUT2D eigenvalue weighted by Gasteiger charge is 2.51. The van der Waals surface area contributed by atoms with Crippen LogP contribution in [0.3, 0.4) is 0 Å². The summed E-state index contributed by atoms with van der Waals surface area (Å²) in [6.07, 6.45) is 1.35. The lowest BCUT2D eigenvalue weighted by molar-refractivity contribution is -0.473. The van der Waals surface area contributed by atoms with Crippen molar-refractivity contribution < 1.29 is 19.0 Å². The Morgan fingerprint density at radius 2 is 1.93 bits per heavy atom. The molecule has 1 heterocycles. The molecule has 0 aliphatic carbocycles. The lowest BCUT2D eigenvalue weighted by Crippen LogP contribution is -2.50. The minimum atomic E-state index is -0.864. The molecule has 0 bridgehead atoms. The van der Waals surface area contributed by atoms with Gasteiger partial charge in [-0.3, -0.25) is 4.90 Å². The average molecular weight is 391 g/mol. The Balaban J connectivity index is 2.27. The fourth-order valence-corrected chi connectivity index (χ4v) is 3.51. The van der Waals surface area contributed by atoms with Crippen molar-refractivity contribution in [2.75, 3.05) is 0 Å². The molecule has 0 N–H and O–H groups in total. The molecule has 2 rings (SSSR count). The Bertz CT molecular complexity index is 692. The molecule has 156 valence electrons. The molecular formula is C22H34N2O4. The number of hydroxylamine groups is 1. The fraction of sp³-hybridized carbons (Fsp3) is 0.636. The van der Waals surface area contributed by atoms with Crippen molar-refractivity contribution in [1.82, 2.24) is 4.90 Å². The minimum Gasteiger partial charge on any atom is -0.624 e. The lowest BCUT2D eigenvalue weighted by atomic mass is 9.98. The predicted octanol–water partition coefficient (Wildman–Crippen LogP) is 4.55. The molecule has 1 aromatic carbocycles. The zero-order valence-electron chi connectivity index (χ0n) is 18.1. The van der Waals surface area contributed by atoms with E-state index in [1.54, 1.807) is 11.1 Å². The number of ether oxygens (including phenoxy) is 2. The van der Waals surface area contributed by atoms with Crippen molar-refractivity contribution in [2.45, 2.75) is 84.9 Å². The number of rotatable bonds is 5. The highest BCUT2D eigenvalue weighted by atomic mass is 16.6. The predicted molar refractivity (Wildman–Crippen MR) is 110 cm³/mol. The van der Waals surface area contributed by atoms with E-state index < -0.39 is 23.5 Å². The van der Waals surface area contributed by atoms with Gasteiger partial charge in [-0.2, -0.15) is 0 Å². The number of carbonyl (C=O) groups excluding carboxylic acids is 1. The molecule has 28 heavy (non-hydrogen) atoms. The molecule has 0 saturated carbocycles. The van der Waals surface area contributed by atoms with Crippen LogP contribution in [0.5, 0.6) is 0 Å². The van der Waals surface area contributed by atoms with Gasteiger partial charge in [-0.05, 0) is 47.0 Å². The van der Waals surface area contributed by atoms with Crippen LogP contribution in [-0.2, 0) is 16.0 Å². The monoisotopic (exact) mass is 390 g/mol. The Hall–Kier alpha value is -2.08. The summed E-state index contributed by atoms with van der Waals surface area (Å²) in [6, 6.07) is 9.29. The zero-order chi connectivity index (χ0) is 21.1. The van der Waals surface area contributed by atoms with Gasteiger partial charge in [0.2, 0.25) is 0 Å². The van der Waals surface area contributed by atoms with Crippen molar-refractivity contribution in [2.24, 2.45) is 5.92 Å². The first-order valence-electron chi connectivity index (χ1n) is 9.92. The average Bonchev–Trinajstić information content (AvgIpc) is 2.75. The number of nitrogens with zero attached hydrogens (tertiary/aromatic N) is 2. The van der Waals surface area contributed by atoms with E-state index in [2.05, 4.69) is 13.8 Å². The minimum absolute atomic E-state index is 0.238. The Morgan fingerprint density at radius 3 is 2.46 bits per heavy atom. The van der Waals surface area contributed by atoms with Crippen molar-refractivity contribution >= 4 is 12.3 Å². The Labute approximate surface area is 168 Å². The van der Waals surface area contributed by atoms with Crippen LogP contribution in [0.25, 0.3) is 0 Å². The Kier molecular flexibility index (Phi) is 6.75. The molecule has 1 aliphatic rings. The first-order valence-corrected chi connectivity index (χ1v) is 9.92. The van der Waals surface area contributed by atoms with Crippen LogP contribution in [0.15, 0.2) is 30.3 Å². The number of hydrogen-bond acceptors (Lipinski definition) is 4. The highest BCUT2D eigenvalue weighted by molar-refractivity contribution is 5.72. The van der Waals surface area contributed by atoms with E-state index in [0.717, 1.165) is 10.3 Å². The van der Waals surface area contributed by atoms with Crippen LogP contribution in [0.4, 0.5) is 4.79 Å². The van der Waals surface area contributed by atoms with E-state index in [1.807, 2.05) is 65.0 Å². The molecule has 1 aliphatic heterocycles. The van der Waals surface area contributed by atoms with Crippen molar-refractivity contribution in [3.63, 3.8) is 0 Å². The van der Waals surface area contributed by atoms with Crippen molar-refractivity contribution in [3.05, 3.63) is 41.1 Å². The maximum Gasteiger partial charge on any atom is 0.412 e. The van der Waals surface area contributed by atoms with Gasteiger partial charge >= 0.3 is 6.09 Å². The third kappa shape index (κ3) is 5.96. The van der Waals surface area contributed by atoms with Crippen molar-refractivity contribution in [1.29, 1.82) is 0 Å². The lowest BCUT2D eigenvalue weighted by Gasteiger charge is -2.35. The third-order valence-corrected chi connectivity index (χ3v) is 4.51. The first kappa shape index (κ1) is 22.2. The number of hydrogen-bond donors (Lipinski definition) is 0. The van der Waals surface area contributed by atoms with Gasteiger partial charge < -0.3 is 14.7 Å². The fourth-order valence-electron chi connectivity index (χ4n) is 3.51.